The third-order valence-corrected chi connectivity index (χ3v) is 5.92. The number of carbonyl (C=O) groups is 1. The molecule has 0 saturated carbocycles. The number of hydrogen-bond donors (Lipinski definition) is 1. The lowest BCUT2D eigenvalue weighted by molar-refractivity contribution is -0.118. The molecule has 0 aromatic heterocycles. The summed E-state index contributed by atoms with van der Waals surface area (Å²) in [4.78, 5) is 14.5. The minimum atomic E-state index is 0.0585. The van der Waals surface area contributed by atoms with E-state index in [9.17, 15) is 4.79 Å². The Bertz CT molecular complexity index is 714. The Morgan fingerprint density at radius 1 is 1.04 bits per heavy atom. The van der Waals surface area contributed by atoms with Crippen molar-refractivity contribution < 1.29 is 4.79 Å². The lowest BCUT2D eigenvalue weighted by atomic mass is 10.1. The molecule has 1 heterocycles. The molecule has 0 aliphatic carbocycles. The van der Waals surface area contributed by atoms with E-state index in [1.807, 2.05) is 24.3 Å². The van der Waals surface area contributed by atoms with Gasteiger partial charge in [-0.05, 0) is 48.7 Å². The van der Waals surface area contributed by atoms with Gasteiger partial charge in [-0.1, -0.05) is 54.1 Å². The first-order valence-corrected chi connectivity index (χ1v) is 10.6. The minimum absolute atomic E-state index is 0.0585. The first-order valence-electron chi connectivity index (χ1n) is 9.09. The molecule has 3 nitrogen and oxygen atoms in total. The average molecular weight is 389 g/mol. The maximum atomic E-state index is 12.0. The van der Waals surface area contributed by atoms with Crippen LogP contribution in [0.1, 0.15) is 29.5 Å². The highest BCUT2D eigenvalue weighted by molar-refractivity contribution is 7.99. The number of nitrogens with one attached hydrogen (secondary N) is 1. The van der Waals surface area contributed by atoms with Gasteiger partial charge in [-0.3, -0.25) is 9.69 Å². The lowest BCUT2D eigenvalue weighted by Crippen LogP contribution is -2.24. The minimum Gasteiger partial charge on any atom is -0.351 e. The van der Waals surface area contributed by atoms with Gasteiger partial charge in [0.1, 0.15) is 0 Å². The summed E-state index contributed by atoms with van der Waals surface area (Å²) in [5.41, 5.74) is 3.55. The summed E-state index contributed by atoms with van der Waals surface area (Å²) in [7, 11) is 0. The van der Waals surface area contributed by atoms with E-state index in [4.69, 9.17) is 11.6 Å². The van der Waals surface area contributed by atoms with Crippen LogP contribution in [-0.4, -0.2) is 29.6 Å². The van der Waals surface area contributed by atoms with Crippen molar-refractivity contribution in [1.82, 2.24) is 10.2 Å². The Morgan fingerprint density at radius 2 is 1.73 bits per heavy atom. The molecule has 0 spiro atoms. The maximum absolute atomic E-state index is 12.0. The molecule has 0 radical (unpaired) electrons. The first-order chi connectivity index (χ1) is 12.7. The molecule has 0 atom stereocenters. The molecule has 2 aromatic rings. The van der Waals surface area contributed by atoms with Crippen LogP contribution in [0.4, 0.5) is 0 Å². The van der Waals surface area contributed by atoms with Crippen LogP contribution in [0.25, 0.3) is 0 Å². The Morgan fingerprint density at radius 3 is 2.46 bits per heavy atom. The fourth-order valence-electron chi connectivity index (χ4n) is 3.08. The fourth-order valence-corrected chi connectivity index (χ4v) is 4.23. The molecule has 1 amide bonds. The van der Waals surface area contributed by atoms with Gasteiger partial charge in [-0.2, -0.15) is 0 Å². The van der Waals surface area contributed by atoms with Gasteiger partial charge in [0.15, 0.2) is 0 Å². The van der Waals surface area contributed by atoms with Crippen LogP contribution in [0.3, 0.4) is 0 Å². The second-order valence-electron chi connectivity index (χ2n) is 6.66. The lowest BCUT2D eigenvalue weighted by Gasteiger charge is -2.14. The SMILES string of the molecule is O=C(CSCc1ccccc1Cl)NCc1ccc(CN2CCCC2)cc1. The van der Waals surface area contributed by atoms with Crippen LogP contribution in [0.15, 0.2) is 48.5 Å². The van der Waals surface area contributed by atoms with E-state index in [0.717, 1.165) is 28.4 Å². The second-order valence-corrected chi connectivity index (χ2v) is 8.05. The molecule has 2 aromatic carbocycles. The number of halogens is 1. The Balaban J connectivity index is 1.36. The van der Waals surface area contributed by atoms with Crippen molar-refractivity contribution in [3.8, 4) is 0 Å². The van der Waals surface area contributed by atoms with Crippen molar-refractivity contribution in [3.63, 3.8) is 0 Å². The van der Waals surface area contributed by atoms with Crippen LogP contribution in [-0.2, 0) is 23.6 Å². The number of benzene rings is 2. The van der Waals surface area contributed by atoms with Gasteiger partial charge >= 0.3 is 0 Å². The van der Waals surface area contributed by atoms with Crippen LogP contribution in [0.2, 0.25) is 5.02 Å². The molecule has 1 N–H and O–H groups in total. The third-order valence-electron chi connectivity index (χ3n) is 4.57. The quantitative estimate of drug-likeness (QED) is 0.723. The molecule has 1 saturated heterocycles. The molecule has 3 rings (SSSR count). The van der Waals surface area contributed by atoms with Gasteiger partial charge in [0.2, 0.25) is 5.91 Å². The predicted molar refractivity (Wildman–Crippen MR) is 110 cm³/mol. The number of thioether (sulfide) groups is 1. The van der Waals surface area contributed by atoms with Gasteiger partial charge in [-0.15, -0.1) is 11.8 Å². The summed E-state index contributed by atoms with van der Waals surface area (Å²) in [5, 5.41) is 3.75. The summed E-state index contributed by atoms with van der Waals surface area (Å²) in [6.07, 6.45) is 2.64. The first kappa shape index (κ1) is 19.3. The predicted octanol–water partition coefficient (Wildman–Crippen LogP) is 4.49. The number of hydrogen-bond acceptors (Lipinski definition) is 3. The monoisotopic (exact) mass is 388 g/mol. The highest BCUT2D eigenvalue weighted by atomic mass is 35.5. The van der Waals surface area contributed by atoms with Gasteiger partial charge in [0.05, 0.1) is 5.75 Å². The number of carbonyl (C=O) groups excluding carboxylic acids is 1. The van der Waals surface area contributed by atoms with Crippen LogP contribution in [0.5, 0.6) is 0 Å². The zero-order chi connectivity index (χ0) is 18.2. The normalized spacial score (nSPS) is 14.5. The molecule has 1 fully saturated rings. The zero-order valence-corrected chi connectivity index (χ0v) is 16.5. The van der Waals surface area contributed by atoms with E-state index in [0.29, 0.717) is 12.3 Å². The summed E-state index contributed by atoms with van der Waals surface area (Å²) in [5.74, 6) is 1.25. The van der Waals surface area contributed by atoms with E-state index >= 15 is 0 Å². The van der Waals surface area contributed by atoms with Crippen LogP contribution < -0.4 is 5.32 Å². The van der Waals surface area contributed by atoms with Crippen molar-refractivity contribution in [1.29, 1.82) is 0 Å². The standard InChI is InChI=1S/C21H25ClN2OS/c22-20-6-2-1-5-19(20)15-26-16-21(25)23-13-17-7-9-18(10-8-17)14-24-11-3-4-12-24/h1-2,5-10H,3-4,11-16H2,(H,23,25). The molecule has 1 aliphatic rings. The van der Waals surface area contributed by atoms with Crippen molar-refractivity contribution in [2.45, 2.75) is 31.7 Å². The van der Waals surface area contributed by atoms with Gasteiger partial charge in [0.25, 0.3) is 0 Å². The molecule has 0 bridgehead atoms. The number of amides is 1. The molecular weight excluding hydrogens is 364 g/mol. The maximum Gasteiger partial charge on any atom is 0.230 e. The summed E-state index contributed by atoms with van der Waals surface area (Å²) in [6, 6.07) is 16.3. The van der Waals surface area contributed by atoms with Crippen molar-refractivity contribution in [2.75, 3.05) is 18.8 Å². The summed E-state index contributed by atoms with van der Waals surface area (Å²) in [6.45, 7) is 4.04. The molecule has 1 aliphatic heterocycles. The average Bonchev–Trinajstić information content (AvgIpc) is 3.16. The molecule has 0 unspecified atom stereocenters. The smallest absolute Gasteiger partial charge is 0.230 e. The van der Waals surface area contributed by atoms with Gasteiger partial charge in [-0.25, -0.2) is 0 Å². The van der Waals surface area contributed by atoms with Crippen molar-refractivity contribution in [3.05, 3.63) is 70.2 Å². The molecular formula is C21H25ClN2OS. The van der Waals surface area contributed by atoms with Crippen molar-refractivity contribution >= 4 is 29.3 Å². The summed E-state index contributed by atoms with van der Waals surface area (Å²) < 4.78 is 0. The van der Waals surface area contributed by atoms with E-state index in [2.05, 4.69) is 34.5 Å². The van der Waals surface area contributed by atoms with E-state index in [1.165, 1.54) is 31.5 Å². The topological polar surface area (TPSA) is 32.3 Å². The Kier molecular flexibility index (Phi) is 7.42. The number of nitrogens with zero attached hydrogens (tertiary/aromatic N) is 1. The van der Waals surface area contributed by atoms with Crippen LogP contribution >= 0.6 is 23.4 Å². The largest absolute Gasteiger partial charge is 0.351 e. The second kappa shape index (κ2) is 10.0. The Hall–Kier alpha value is -1.49. The van der Waals surface area contributed by atoms with E-state index in [1.54, 1.807) is 11.8 Å². The zero-order valence-electron chi connectivity index (χ0n) is 14.9. The Labute approximate surface area is 165 Å². The number of likely N-dealkylation sites (tertiary alicyclic amines) is 1. The third kappa shape index (κ3) is 6.04. The van der Waals surface area contributed by atoms with E-state index < -0.39 is 0 Å². The molecule has 5 heteroatoms. The highest BCUT2D eigenvalue weighted by Gasteiger charge is 2.11. The molecule has 26 heavy (non-hydrogen) atoms. The van der Waals surface area contributed by atoms with E-state index in [-0.39, 0.29) is 5.91 Å². The van der Waals surface area contributed by atoms with Crippen LogP contribution in [0, 0.1) is 0 Å². The fraction of sp³-hybridized carbons (Fsp3) is 0.381. The van der Waals surface area contributed by atoms with Gasteiger partial charge in [0, 0.05) is 23.9 Å². The van der Waals surface area contributed by atoms with Gasteiger partial charge < -0.3 is 5.32 Å². The number of rotatable bonds is 8. The highest BCUT2D eigenvalue weighted by Crippen LogP contribution is 2.20. The summed E-state index contributed by atoms with van der Waals surface area (Å²) >= 11 is 7.71. The van der Waals surface area contributed by atoms with Crippen molar-refractivity contribution in [2.24, 2.45) is 0 Å². The molecule has 138 valence electrons.